The summed E-state index contributed by atoms with van der Waals surface area (Å²) in [6.45, 7) is 9.42. The fourth-order valence-corrected chi connectivity index (χ4v) is 12.4. The number of hydrogen-bond acceptors (Lipinski definition) is 0. The van der Waals surface area contributed by atoms with Gasteiger partial charge in [0, 0.05) is 0 Å². The first-order chi connectivity index (χ1) is 12.0. The molecule has 0 saturated heterocycles. The van der Waals surface area contributed by atoms with Crippen LogP contribution in [-0.2, 0) is 19.1 Å². The summed E-state index contributed by atoms with van der Waals surface area (Å²) >= 11 is -2.73. The molecule has 0 saturated carbocycles. The second kappa shape index (κ2) is 8.33. The van der Waals surface area contributed by atoms with E-state index in [0.717, 1.165) is 19.3 Å². The molecule has 0 aliphatic heterocycles. The third-order valence-electron chi connectivity index (χ3n) is 5.23. The minimum atomic E-state index is -2.73. The molecule has 0 aromatic heterocycles. The Morgan fingerprint density at radius 2 is 1.96 bits per heavy atom. The summed E-state index contributed by atoms with van der Waals surface area (Å²) in [6.07, 6.45) is 16.9. The molecule has 3 rings (SSSR count). The van der Waals surface area contributed by atoms with Gasteiger partial charge >= 0.3 is 170 Å². The van der Waals surface area contributed by atoms with Crippen LogP contribution in [0.2, 0.25) is 13.1 Å². The summed E-state index contributed by atoms with van der Waals surface area (Å²) in [7, 11) is 12.9. The van der Waals surface area contributed by atoms with E-state index in [1.165, 1.54) is 31.2 Å². The molecule has 1 atom stereocenters. The molecule has 0 amide bonds. The van der Waals surface area contributed by atoms with Gasteiger partial charge in [-0.05, 0) is 0 Å². The fraction of sp³-hybridized carbons (Fsp3) is 0.381. The van der Waals surface area contributed by atoms with Gasteiger partial charge in [0.25, 0.3) is 0 Å². The van der Waals surface area contributed by atoms with E-state index in [2.05, 4.69) is 63.4 Å². The summed E-state index contributed by atoms with van der Waals surface area (Å²) in [4.78, 5) is 0. The van der Waals surface area contributed by atoms with E-state index in [1.807, 2.05) is 0 Å². The van der Waals surface area contributed by atoms with Crippen molar-refractivity contribution in [2.75, 3.05) is 0 Å². The Hall–Kier alpha value is -0.0230. The van der Waals surface area contributed by atoms with Crippen LogP contribution in [0, 0.1) is 5.92 Å². The first-order valence-electron chi connectivity index (χ1n) is 9.05. The molecule has 0 bridgehead atoms. The average molecular weight is 555 g/mol. The van der Waals surface area contributed by atoms with Crippen LogP contribution in [0.15, 0.2) is 67.7 Å². The van der Waals surface area contributed by atoms with Crippen LogP contribution in [0.25, 0.3) is 0 Å². The molecular formula is C21H25Cl2HfSi. The van der Waals surface area contributed by atoms with Crippen molar-refractivity contribution in [1.29, 1.82) is 0 Å². The van der Waals surface area contributed by atoms with Gasteiger partial charge in [-0.2, -0.15) is 0 Å². The van der Waals surface area contributed by atoms with Crippen molar-refractivity contribution in [3.05, 3.63) is 67.7 Å². The van der Waals surface area contributed by atoms with E-state index in [4.69, 9.17) is 17.2 Å². The minimum absolute atomic E-state index is 0.452. The molecule has 0 fully saturated rings. The standard InChI is InChI=1S/C21H25Si.2ClH.Hf/c1-5-9-17-14-18-12-8-13-19(22(3)4)15(2)20(18)21(17)16-10-6-7-11-16;;;/h6-8,10,12-13,15H,5,9,11H2,1-4H3;2*1H;/q;;;+2/p-2. The van der Waals surface area contributed by atoms with Crippen LogP contribution in [-0.4, -0.2) is 13.6 Å². The van der Waals surface area contributed by atoms with Crippen LogP contribution < -0.4 is 0 Å². The number of rotatable bonds is 4. The molecule has 0 N–H and O–H groups in total. The summed E-state index contributed by atoms with van der Waals surface area (Å²) in [5.41, 5.74) is 7.26. The summed E-state index contributed by atoms with van der Waals surface area (Å²) in [5.74, 6) is 0.452. The van der Waals surface area contributed by atoms with Gasteiger partial charge in [0.2, 0.25) is 0 Å². The summed E-state index contributed by atoms with van der Waals surface area (Å²) in [6, 6.07) is 0. The zero-order valence-electron chi connectivity index (χ0n) is 15.4. The third-order valence-corrected chi connectivity index (χ3v) is 13.5. The van der Waals surface area contributed by atoms with E-state index >= 15 is 0 Å². The SMILES string of the molecule is CCCC1=[C]([Hf]([Cl])[Cl])C2=CC=CC(=[Si](C)C)C(C)C2=C1C1=CC=CC1. The Labute approximate surface area is 168 Å². The number of fused-ring (bicyclic) bond motifs is 1. The van der Waals surface area contributed by atoms with E-state index in [0.29, 0.717) is 5.92 Å². The first-order valence-corrected chi connectivity index (χ1v) is 22.3. The Kier molecular flexibility index (Phi) is 6.58. The quantitative estimate of drug-likeness (QED) is 0.335. The molecule has 25 heavy (non-hydrogen) atoms. The predicted molar refractivity (Wildman–Crippen MR) is 111 cm³/mol. The second-order valence-corrected chi connectivity index (χ2v) is 21.1. The maximum atomic E-state index is 6.70. The monoisotopic (exact) mass is 555 g/mol. The first kappa shape index (κ1) is 19.7. The molecular weight excluding hydrogens is 530 g/mol. The van der Waals surface area contributed by atoms with Crippen LogP contribution >= 0.6 is 17.2 Å². The molecule has 3 aliphatic carbocycles. The van der Waals surface area contributed by atoms with Gasteiger partial charge in [0.15, 0.2) is 0 Å². The van der Waals surface area contributed by atoms with Crippen molar-refractivity contribution < 1.29 is 19.1 Å². The van der Waals surface area contributed by atoms with E-state index in [1.54, 1.807) is 5.17 Å². The molecule has 3 aliphatic rings. The van der Waals surface area contributed by atoms with Gasteiger partial charge in [-0.25, -0.2) is 0 Å². The van der Waals surface area contributed by atoms with E-state index in [9.17, 15) is 0 Å². The second-order valence-electron chi connectivity index (χ2n) is 7.09. The molecule has 131 valence electrons. The van der Waals surface area contributed by atoms with Crippen molar-refractivity contribution >= 4 is 30.7 Å². The fourth-order valence-electron chi connectivity index (χ4n) is 4.21. The Balaban J connectivity index is 2.28. The van der Waals surface area contributed by atoms with Gasteiger partial charge in [-0.15, -0.1) is 0 Å². The molecule has 0 aromatic rings. The van der Waals surface area contributed by atoms with Gasteiger partial charge in [-0.3, -0.25) is 0 Å². The van der Waals surface area contributed by atoms with Gasteiger partial charge in [0.1, 0.15) is 0 Å². The van der Waals surface area contributed by atoms with Crippen LogP contribution in [0.4, 0.5) is 0 Å². The Bertz CT molecular complexity index is 800. The van der Waals surface area contributed by atoms with Crippen LogP contribution in [0.5, 0.6) is 0 Å². The van der Waals surface area contributed by atoms with Crippen molar-refractivity contribution in [2.24, 2.45) is 5.92 Å². The summed E-state index contributed by atoms with van der Waals surface area (Å²) < 4.78 is 1.35. The number of hydrogen-bond donors (Lipinski definition) is 0. The molecule has 4 heteroatoms. The van der Waals surface area contributed by atoms with Crippen LogP contribution in [0.3, 0.4) is 0 Å². The Morgan fingerprint density at radius 3 is 2.52 bits per heavy atom. The topological polar surface area (TPSA) is 0 Å². The van der Waals surface area contributed by atoms with E-state index in [-0.39, 0.29) is 0 Å². The predicted octanol–water partition coefficient (Wildman–Crippen LogP) is 6.80. The Morgan fingerprint density at radius 1 is 1.20 bits per heavy atom. The molecule has 1 unspecified atom stereocenters. The molecule has 0 aromatic carbocycles. The molecule has 0 spiro atoms. The molecule has 0 radical (unpaired) electrons. The zero-order chi connectivity index (χ0) is 18.1. The van der Waals surface area contributed by atoms with Gasteiger partial charge in [-0.1, -0.05) is 0 Å². The third kappa shape index (κ3) is 3.70. The van der Waals surface area contributed by atoms with Gasteiger partial charge in [0.05, 0.1) is 0 Å². The maximum absolute atomic E-state index is 6.70. The summed E-state index contributed by atoms with van der Waals surface area (Å²) in [5, 5.41) is 1.60. The zero-order valence-corrected chi connectivity index (χ0v) is 21.5. The molecule has 0 heterocycles. The van der Waals surface area contributed by atoms with Crippen molar-refractivity contribution in [2.45, 2.75) is 46.2 Å². The van der Waals surface area contributed by atoms with Crippen molar-refractivity contribution in [3.63, 3.8) is 0 Å². The van der Waals surface area contributed by atoms with Crippen molar-refractivity contribution in [1.82, 2.24) is 0 Å². The van der Waals surface area contributed by atoms with E-state index < -0.39 is 27.5 Å². The van der Waals surface area contributed by atoms with Crippen LogP contribution in [0.1, 0.15) is 33.1 Å². The molecule has 0 nitrogen and oxygen atoms in total. The number of allylic oxidation sites excluding steroid dienone is 12. The van der Waals surface area contributed by atoms with Gasteiger partial charge < -0.3 is 0 Å². The average Bonchev–Trinajstić information content (AvgIpc) is 3.13. The van der Waals surface area contributed by atoms with Crippen molar-refractivity contribution in [3.8, 4) is 0 Å². The normalized spacial score (nSPS) is 22.3. The number of halogens is 2.